The molecular weight excluding hydrogens is 356 g/mol. The van der Waals surface area contributed by atoms with Gasteiger partial charge in [0.25, 0.3) is 5.91 Å². The summed E-state index contributed by atoms with van der Waals surface area (Å²) < 4.78 is 20.9. The molecule has 0 aromatic heterocycles. The number of esters is 2. The number of anilines is 2. The molecule has 0 bridgehead atoms. The zero-order chi connectivity index (χ0) is 19.7. The van der Waals surface area contributed by atoms with Crippen molar-refractivity contribution in [2.75, 3.05) is 44.4 Å². The van der Waals surface area contributed by atoms with E-state index in [0.29, 0.717) is 17.1 Å². The number of hydrogen-bond donors (Lipinski definition) is 0. The number of ether oxygens (including phenoxy) is 4. The molecule has 2 aliphatic heterocycles. The van der Waals surface area contributed by atoms with E-state index in [0.717, 1.165) is 0 Å². The van der Waals surface area contributed by atoms with Gasteiger partial charge in [-0.15, -0.1) is 0 Å². The molecule has 0 radical (unpaired) electrons. The summed E-state index contributed by atoms with van der Waals surface area (Å²) in [6.45, 7) is 1.55. The predicted octanol–water partition coefficient (Wildman–Crippen LogP) is 0.824. The molecule has 0 spiro atoms. The average molecular weight is 376 g/mol. The molecule has 1 aromatic carbocycles. The number of hydrogen-bond acceptors (Lipinski definition) is 8. The van der Waals surface area contributed by atoms with Crippen LogP contribution in [0.2, 0.25) is 0 Å². The van der Waals surface area contributed by atoms with Gasteiger partial charge in [-0.25, -0.2) is 9.59 Å². The third-order valence-corrected chi connectivity index (χ3v) is 4.43. The number of methoxy groups -OCH3 is 2. The van der Waals surface area contributed by atoms with Crippen molar-refractivity contribution in [3.63, 3.8) is 0 Å². The van der Waals surface area contributed by atoms with E-state index in [4.69, 9.17) is 18.9 Å². The molecule has 0 saturated carbocycles. The standard InChI is InChI=1S/C18H20N2O7/c1-10-16(21)19(2)12-6-5-7-13(15(12)27-10)20-9-26-8-11(17(22)24-3)14(20)18(23)25-4/h5-7,10H,8-9H2,1-4H3. The fraction of sp³-hybridized carbons (Fsp3) is 0.389. The lowest BCUT2D eigenvalue weighted by Crippen LogP contribution is -2.43. The van der Waals surface area contributed by atoms with Gasteiger partial charge in [-0.2, -0.15) is 0 Å². The summed E-state index contributed by atoms with van der Waals surface area (Å²) in [5, 5.41) is 0. The summed E-state index contributed by atoms with van der Waals surface area (Å²) in [7, 11) is 4.09. The van der Waals surface area contributed by atoms with E-state index < -0.39 is 18.0 Å². The second-order valence-corrected chi connectivity index (χ2v) is 6.00. The van der Waals surface area contributed by atoms with Crippen molar-refractivity contribution >= 4 is 29.2 Å². The van der Waals surface area contributed by atoms with Gasteiger partial charge in [0.1, 0.15) is 12.4 Å². The first-order valence-electron chi connectivity index (χ1n) is 8.23. The summed E-state index contributed by atoms with van der Waals surface area (Å²) in [5.41, 5.74) is 1.08. The van der Waals surface area contributed by atoms with E-state index in [2.05, 4.69) is 0 Å². The van der Waals surface area contributed by atoms with Crippen molar-refractivity contribution in [1.82, 2.24) is 0 Å². The van der Waals surface area contributed by atoms with Crippen LogP contribution in [0.5, 0.6) is 5.75 Å². The second kappa shape index (κ2) is 7.28. The van der Waals surface area contributed by atoms with E-state index in [1.807, 2.05) is 0 Å². The van der Waals surface area contributed by atoms with Gasteiger partial charge in [-0.3, -0.25) is 4.79 Å². The maximum atomic E-state index is 12.4. The lowest BCUT2D eigenvalue weighted by Gasteiger charge is -2.36. The number of fused-ring (bicyclic) bond motifs is 1. The smallest absolute Gasteiger partial charge is 0.355 e. The Morgan fingerprint density at radius 2 is 1.81 bits per heavy atom. The van der Waals surface area contributed by atoms with E-state index >= 15 is 0 Å². The third-order valence-electron chi connectivity index (χ3n) is 4.43. The van der Waals surface area contributed by atoms with E-state index in [1.54, 1.807) is 32.2 Å². The van der Waals surface area contributed by atoms with Gasteiger partial charge >= 0.3 is 11.9 Å². The minimum atomic E-state index is -0.704. The van der Waals surface area contributed by atoms with Gasteiger partial charge in [-0.05, 0) is 19.1 Å². The third kappa shape index (κ3) is 3.10. The minimum Gasteiger partial charge on any atom is -0.476 e. The molecule has 144 valence electrons. The number of nitrogens with zero attached hydrogens (tertiary/aromatic N) is 2. The quantitative estimate of drug-likeness (QED) is 0.716. The van der Waals surface area contributed by atoms with Crippen LogP contribution in [0.1, 0.15) is 6.92 Å². The zero-order valence-corrected chi connectivity index (χ0v) is 15.5. The Balaban J connectivity index is 2.17. The van der Waals surface area contributed by atoms with Crippen molar-refractivity contribution in [2.45, 2.75) is 13.0 Å². The Bertz CT molecular complexity index is 833. The topological polar surface area (TPSA) is 94.6 Å². The molecule has 9 heteroatoms. The van der Waals surface area contributed by atoms with Crippen molar-refractivity contribution < 1.29 is 33.3 Å². The number of amides is 1. The van der Waals surface area contributed by atoms with E-state index in [1.165, 1.54) is 24.0 Å². The van der Waals surface area contributed by atoms with Crippen LogP contribution < -0.4 is 14.5 Å². The molecule has 0 saturated heterocycles. The lowest BCUT2D eigenvalue weighted by atomic mass is 10.1. The lowest BCUT2D eigenvalue weighted by molar-refractivity contribution is -0.140. The number of benzene rings is 1. The number of likely N-dealkylation sites (N-methyl/N-ethyl adjacent to an activating group) is 1. The Morgan fingerprint density at radius 3 is 2.48 bits per heavy atom. The maximum Gasteiger partial charge on any atom is 0.355 e. The molecule has 2 heterocycles. The Labute approximate surface area is 156 Å². The van der Waals surface area contributed by atoms with Crippen molar-refractivity contribution in [3.8, 4) is 5.75 Å². The van der Waals surface area contributed by atoms with E-state index in [-0.39, 0.29) is 30.5 Å². The molecule has 2 aliphatic rings. The summed E-state index contributed by atoms with van der Waals surface area (Å²) in [6, 6.07) is 5.16. The van der Waals surface area contributed by atoms with Crippen LogP contribution >= 0.6 is 0 Å². The molecule has 0 N–H and O–H groups in total. The molecule has 0 fully saturated rings. The molecule has 0 aliphatic carbocycles. The first kappa shape index (κ1) is 18.7. The SMILES string of the molecule is COC(=O)C1=C(C(=O)OC)N(c2cccc3c2OC(C)C(=O)N3C)COC1. The molecule has 9 nitrogen and oxygen atoms in total. The van der Waals surface area contributed by atoms with E-state index in [9.17, 15) is 14.4 Å². The molecule has 1 aromatic rings. The molecule has 27 heavy (non-hydrogen) atoms. The monoisotopic (exact) mass is 376 g/mol. The maximum absolute atomic E-state index is 12.4. The van der Waals surface area contributed by atoms with Gasteiger partial charge < -0.3 is 28.7 Å². The predicted molar refractivity (Wildman–Crippen MR) is 94.3 cm³/mol. The molecule has 1 unspecified atom stereocenters. The second-order valence-electron chi connectivity index (χ2n) is 6.00. The number of carbonyl (C=O) groups excluding carboxylic acids is 3. The summed E-state index contributed by atoms with van der Waals surface area (Å²) in [5.74, 6) is -1.17. The first-order valence-corrected chi connectivity index (χ1v) is 8.23. The number of para-hydroxylation sites is 1. The van der Waals surface area contributed by atoms with Crippen LogP contribution in [-0.4, -0.2) is 58.6 Å². The zero-order valence-electron chi connectivity index (χ0n) is 15.5. The van der Waals surface area contributed by atoms with Gasteiger partial charge in [0, 0.05) is 7.05 Å². The summed E-state index contributed by atoms with van der Waals surface area (Å²) >= 11 is 0. The van der Waals surface area contributed by atoms with Crippen LogP contribution in [-0.2, 0) is 28.6 Å². The van der Waals surface area contributed by atoms with Crippen molar-refractivity contribution in [2.24, 2.45) is 0 Å². The van der Waals surface area contributed by atoms with Crippen LogP contribution in [0, 0.1) is 0 Å². The van der Waals surface area contributed by atoms with Gasteiger partial charge in [-0.1, -0.05) is 6.07 Å². The normalized spacial score (nSPS) is 19.4. The first-order chi connectivity index (χ1) is 12.9. The van der Waals surface area contributed by atoms with Crippen LogP contribution in [0.25, 0.3) is 0 Å². The molecule has 1 atom stereocenters. The number of rotatable bonds is 3. The molecule has 3 rings (SSSR count). The highest BCUT2D eigenvalue weighted by Gasteiger charge is 2.37. The van der Waals surface area contributed by atoms with Crippen molar-refractivity contribution in [1.29, 1.82) is 0 Å². The summed E-state index contributed by atoms with van der Waals surface area (Å²) in [4.78, 5) is 39.7. The fourth-order valence-corrected chi connectivity index (χ4v) is 3.06. The van der Waals surface area contributed by atoms with Crippen LogP contribution in [0.15, 0.2) is 29.5 Å². The van der Waals surface area contributed by atoms with Gasteiger partial charge in [0.15, 0.2) is 11.9 Å². The minimum absolute atomic E-state index is 0.00319. The highest BCUT2D eigenvalue weighted by molar-refractivity contribution is 6.05. The average Bonchev–Trinajstić information content (AvgIpc) is 2.70. The largest absolute Gasteiger partial charge is 0.476 e. The van der Waals surface area contributed by atoms with Gasteiger partial charge in [0.05, 0.1) is 37.8 Å². The van der Waals surface area contributed by atoms with Crippen LogP contribution in [0.4, 0.5) is 11.4 Å². The summed E-state index contributed by atoms with van der Waals surface area (Å²) in [6.07, 6.45) is -0.694. The highest BCUT2D eigenvalue weighted by atomic mass is 16.5. The number of carbonyl (C=O) groups is 3. The highest BCUT2D eigenvalue weighted by Crippen LogP contribution is 2.43. The van der Waals surface area contributed by atoms with Gasteiger partial charge in [0.2, 0.25) is 0 Å². The Kier molecular flexibility index (Phi) is 5.04. The Hall–Kier alpha value is -3.07. The van der Waals surface area contributed by atoms with Crippen molar-refractivity contribution in [3.05, 3.63) is 29.5 Å². The molecule has 1 amide bonds. The van der Waals surface area contributed by atoms with Crippen LogP contribution in [0.3, 0.4) is 0 Å². The molecular formula is C18H20N2O7. The Morgan fingerprint density at radius 1 is 1.15 bits per heavy atom. The fourth-order valence-electron chi connectivity index (χ4n) is 3.06.